The topological polar surface area (TPSA) is 38.0 Å². The Morgan fingerprint density at radius 1 is 1.31 bits per heavy atom. The van der Waals surface area contributed by atoms with E-state index in [-0.39, 0.29) is 6.04 Å². The highest BCUT2D eigenvalue weighted by Gasteiger charge is 2.13. The molecule has 1 atom stereocenters. The molecule has 1 aromatic rings. The monoisotopic (exact) mass is 228 g/mol. The molecule has 2 nitrogen and oxygen atoms in total. The molecule has 0 saturated heterocycles. The van der Waals surface area contributed by atoms with Crippen LogP contribution in [0.15, 0.2) is 18.2 Å². The second-order valence-corrected chi connectivity index (χ2v) is 4.43. The maximum atomic E-state index is 13.4. The van der Waals surface area contributed by atoms with Crippen molar-refractivity contribution in [1.29, 1.82) is 0 Å². The Balaban J connectivity index is 2.70. The third-order valence-corrected chi connectivity index (χ3v) is 2.47. The first-order chi connectivity index (χ1) is 7.52. The molecular weight excluding hydrogens is 210 g/mol. The lowest BCUT2D eigenvalue weighted by Crippen LogP contribution is -2.37. The summed E-state index contributed by atoms with van der Waals surface area (Å²) in [7, 11) is 0. The van der Waals surface area contributed by atoms with Gasteiger partial charge in [-0.3, -0.25) is 11.3 Å². The summed E-state index contributed by atoms with van der Waals surface area (Å²) in [5.74, 6) is 4.82. The van der Waals surface area contributed by atoms with Crippen molar-refractivity contribution in [2.24, 2.45) is 11.8 Å². The summed E-state index contributed by atoms with van der Waals surface area (Å²) in [5.41, 5.74) is 3.15. The van der Waals surface area contributed by atoms with Crippen LogP contribution in [0, 0.1) is 17.6 Å². The largest absolute Gasteiger partial charge is 0.271 e. The molecule has 0 heterocycles. The smallest absolute Gasteiger partial charge is 0.129 e. The second kappa shape index (κ2) is 5.92. The quantitative estimate of drug-likeness (QED) is 0.600. The number of hydrazine groups is 1. The minimum absolute atomic E-state index is 0.0139. The van der Waals surface area contributed by atoms with E-state index in [0.29, 0.717) is 17.9 Å². The summed E-state index contributed by atoms with van der Waals surface area (Å²) in [6.07, 6.45) is 1.33. The number of nitrogens with one attached hydrogen (secondary N) is 1. The fraction of sp³-hybridized carbons (Fsp3) is 0.500. The Hall–Kier alpha value is -1.00. The lowest BCUT2D eigenvalue weighted by molar-refractivity contribution is 0.417. The first-order valence-electron chi connectivity index (χ1n) is 5.43. The predicted molar refractivity (Wildman–Crippen MR) is 60.6 cm³/mol. The highest BCUT2D eigenvalue weighted by Crippen LogP contribution is 2.14. The van der Waals surface area contributed by atoms with Crippen LogP contribution in [0.3, 0.4) is 0 Å². The minimum atomic E-state index is -0.553. The molecule has 16 heavy (non-hydrogen) atoms. The molecule has 90 valence electrons. The van der Waals surface area contributed by atoms with Crippen LogP contribution in [0.4, 0.5) is 8.78 Å². The van der Waals surface area contributed by atoms with Crippen molar-refractivity contribution in [1.82, 2.24) is 5.43 Å². The van der Waals surface area contributed by atoms with Gasteiger partial charge in [-0.05, 0) is 30.4 Å². The average Bonchev–Trinajstić information content (AvgIpc) is 2.20. The number of rotatable bonds is 5. The summed E-state index contributed by atoms with van der Waals surface area (Å²) in [4.78, 5) is 0. The van der Waals surface area contributed by atoms with E-state index >= 15 is 0 Å². The Kier molecular flexibility index (Phi) is 4.83. The van der Waals surface area contributed by atoms with E-state index in [1.807, 2.05) is 0 Å². The van der Waals surface area contributed by atoms with Gasteiger partial charge in [-0.2, -0.15) is 0 Å². The minimum Gasteiger partial charge on any atom is -0.271 e. The standard InChI is InChI=1S/C12H18F2N2/c1-8(2)5-11(16-15)6-9-3-4-10(13)7-12(9)14/h3-4,7-8,11,16H,5-6,15H2,1-2H3. The molecule has 0 spiro atoms. The van der Waals surface area contributed by atoms with E-state index in [4.69, 9.17) is 5.84 Å². The summed E-state index contributed by atoms with van der Waals surface area (Å²) in [6, 6.07) is 3.65. The molecule has 3 N–H and O–H groups in total. The van der Waals surface area contributed by atoms with Crippen LogP contribution in [-0.2, 0) is 6.42 Å². The highest BCUT2D eigenvalue weighted by atomic mass is 19.1. The van der Waals surface area contributed by atoms with Crippen molar-refractivity contribution in [3.8, 4) is 0 Å². The van der Waals surface area contributed by atoms with Crippen LogP contribution in [0.2, 0.25) is 0 Å². The Morgan fingerprint density at radius 3 is 2.50 bits per heavy atom. The van der Waals surface area contributed by atoms with Gasteiger partial charge in [-0.1, -0.05) is 19.9 Å². The number of benzene rings is 1. The maximum Gasteiger partial charge on any atom is 0.129 e. The van der Waals surface area contributed by atoms with Crippen LogP contribution < -0.4 is 11.3 Å². The van der Waals surface area contributed by atoms with E-state index < -0.39 is 11.6 Å². The maximum absolute atomic E-state index is 13.4. The zero-order chi connectivity index (χ0) is 12.1. The lowest BCUT2D eigenvalue weighted by Gasteiger charge is -2.18. The zero-order valence-electron chi connectivity index (χ0n) is 9.63. The fourth-order valence-corrected chi connectivity index (χ4v) is 1.73. The van der Waals surface area contributed by atoms with Crippen molar-refractivity contribution < 1.29 is 8.78 Å². The average molecular weight is 228 g/mol. The first kappa shape index (κ1) is 13.1. The fourth-order valence-electron chi connectivity index (χ4n) is 1.73. The van der Waals surface area contributed by atoms with Gasteiger partial charge in [-0.15, -0.1) is 0 Å². The van der Waals surface area contributed by atoms with E-state index in [2.05, 4.69) is 19.3 Å². The third kappa shape index (κ3) is 3.87. The molecule has 1 rings (SSSR count). The number of hydrogen-bond donors (Lipinski definition) is 2. The van der Waals surface area contributed by atoms with Crippen molar-refractivity contribution >= 4 is 0 Å². The Morgan fingerprint density at radius 2 is 2.00 bits per heavy atom. The molecule has 0 saturated carbocycles. The Bertz CT molecular complexity index is 340. The summed E-state index contributed by atoms with van der Waals surface area (Å²) < 4.78 is 26.1. The highest BCUT2D eigenvalue weighted by molar-refractivity contribution is 5.19. The predicted octanol–water partition coefficient (Wildman–Crippen LogP) is 2.39. The SMILES string of the molecule is CC(C)CC(Cc1ccc(F)cc1F)NN. The summed E-state index contributed by atoms with van der Waals surface area (Å²) in [6.45, 7) is 4.15. The van der Waals surface area contributed by atoms with Crippen LogP contribution >= 0.6 is 0 Å². The van der Waals surface area contributed by atoms with Crippen LogP contribution in [0.5, 0.6) is 0 Å². The van der Waals surface area contributed by atoms with E-state index in [1.54, 1.807) is 0 Å². The lowest BCUT2D eigenvalue weighted by atomic mass is 9.97. The molecular formula is C12H18F2N2. The normalized spacial score (nSPS) is 13.1. The van der Waals surface area contributed by atoms with Gasteiger partial charge in [-0.25, -0.2) is 8.78 Å². The molecule has 4 heteroatoms. The summed E-state index contributed by atoms with van der Waals surface area (Å²) >= 11 is 0. The van der Waals surface area contributed by atoms with Gasteiger partial charge >= 0.3 is 0 Å². The molecule has 0 aliphatic carbocycles. The van der Waals surface area contributed by atoms with Gasteiger partial charge in [0.15, 0.2) is 0 Å². The van der Waals surface area contributed by atoms with Crippen LogP contribution in [0.1, 0.15) is 25.8 Å². The number of nitrogens with two attached hydrogens (primary N) is 1. The molecule has 1 aromatic carbocycles. The summed E-state index contributed by atoms with van der Waals surface area (Å²) in [5, 5.41) is 0. The van der Waals surface area contributed by atoms with Crippen LogP contribution in [-0.4, -0.2) is 6.04 Å². The molecule has 0 bridgehead atoms. The van der Waals surface area contributed by atoms with Crippen molar-refractivity contribution in [2.45, 2.75) is 32.7 Å². The molecule has 0 fully saturated rings. The third-order valence-electron chi connectivity index (χ3n) is 2.47. The van der Waals surface area contributed by atoms with Crippen molar-refractivity contribution in [2.75, 3.05) is 0 Å². The molecule has 0 amide bonds. The van der Waals surface area contributed by atoms with Crippen LogP contribution in [0.25, 0.3) is 0 Å². The van der Waals surface area contributed by atoms with E-state index in [1.165, 1.54) is 12.1 Å². The van der Waals surface area contributed by atoms with Crippen molar-refractivity contribution in [3.63, 3.8) is 0 Å². The molecule has 1 unspecified atom stereocenters. The zero-order valence-corrected chi connectivity index (χ0v) is 9.63. The Labute approximate surface area is 94.8 Å². The number of hydrogen-bond acceptors (Lipinski definition) is 2. The molecule has 0 radical (unpaired) electrons. The van der Waals surface area contributed by atoms with E-state index in [0.717, 1.165) is 12.5 Å². The van der Waals surface area contributed by atoms with Gasteiger partial charge in [0.25, 0.3) is 0 Å². The van der Waals surface area contributed by atoms with Gasteiger partial charge in [0, 0.05) is 12.1 Å². The molecule has 0 aliphatic rings. The van der Waals surface area contributed by atoms with Gasteiger partial charge in [0.05, 0.1) is 0 Å². The second-order valence-electron chi connectivity index (χ2n) is 4.43. The van der Waals surface area contributed by atoms with E-state index in [9.17, 15) is 8.78 Å². The van der Waals surface area contributed by atoms with Gasteiger partial charge < -0.3 is 0 Å². The molecule has 0 aromatic heterocycles. The van der Waals surface area contributed by atoms with Crippen molar-refractivity contribution in [3.05, 3.63) is 35.4 Å². The number of halogens is 2. The first-order valence-corrected chi connectivity index (χ1v) is 5.43. The van der Waals surface area contributed by atoms with Gasteiger partial charge in [0.2, 0.25) is 0 Å². The molecule has 0 aliphatic heterocycles. The van der Waals surface area contributed by atoms with Gasteiger partial charge in [0.1, 0.15) is 11.6 Å².